The summed E-state index contributed by atoms with van der Waals surface area (Å²) in [6.45, 7) is 0. The van der Waals surface area contributed by atoms with E-state index in [1.807, 2.05) is 0 Å². The zero-order valence-corrected chi connectivity index (χ0v) is 41.0. The van der Waals surface area contributed by atoms with Gasteiger partial charge in [-0.1, -0.05) is 200 Å². The second kappa shape index (κ2) is 18.6. The van der Waals surface area contributed by atoms with E-state index in [1.165, 1.54) is 66.4 Å². The first-order valence-electron chi connectivity index (χ1n) is 25.6. The Balaban J connectivity index is 0.723. The molecule has 352 valence electrons. The molecular formula is C72H48N2O. The molecule has 0 aliphatic heterocycles. The van der Waals surface area contributed by atoms with Crippen LogP contribution < -0.4 is 4.90 Å². The van der Waals surface area contributed by atoms with Gasteiger partial charge in [0.2, 0.25) is 0 Å². The minimum absolute atomic E-state index is 0.885. The largest absolute Gasteiger partial charge is 0.456 e. The standard InChI is InChI=1S/C72H48N2O/c1-4-12-49(13-5-1)52-28-37-62(38-29-52)73(63-39-30-53(31-40-63)50-14-6-2-7-15-50)64-41-32-54(33-42-64)51-20-22-56(23-21-51)59-35-44-71-67(47-59)68-48-60(36-45-72(68)75-71)57-26-24-55(25-27-57)58-34-43-70-66(46-58)65-18-10-11-19-69(65)74(70)61-16-8-3-9-17-61/h1-48H. The van der Waals surface area contributed by atoms with Crippen molar-refractivity contribution in [3.63, 3.8) is 0 Å². The molecule has 0 fully saturated rings. The van der Waals surface area contributed by atoms with Crippen molar-refractivity contribution in [1.82, 2.24) is 4.57 Å². The Labute approximate surface area is 436 Å². The summed E-state index contributed by atoms with van der Waals surface area (Å²) in [5.41, 5.74) is 22.8. The summed E-state index contributed by atoms with van der Waals surface area (Å²) in [5, 5.41) is 4.72. The average Bonchev–Trinajstić information content (AvgIpc) is 4.03. The molecule has 0 atom stereocenters. The van der Waals surface area contributed by atoms with Gasteiger partial charge in [-0.25, -0.2) is 0 Å². The third-order valence-electron chi connectivity index (χ3n) is 14.9. The van der Waals surface area contributed by atoms with Crippen molar-refractivity contribution >= 4 is 60.8 Å². The molecular weight excluding hydrogens is 909 g/mol. The molecule has 0 aliphatic rings. The molecule has 14 rings (SSSR count). The van der Waals surface area contributed by atoms with E-state index in [2.05, 4.69) is 301 Å². The van der Waals surface area contributed by atoms with Gasteiger partial charge in [0.15, 0.2) is 0 Å². The molecule has 0 radical (unpaired) electrons. The summed E-state index contributed by atoms with van der Waals surface area (Å²) in [6, 6.07) is 105. The molecule has 3 nitrogen and oxygen atoms in total. The van der Waals surface area contributed by atoms with Crippen molar-refractivity contribution in [3.8, 4) is 72.4 Å². The van der Waals surface area contributed by atoms with Crippen molar-refractivity contribution < 1.29 is 4.42 Å². The van der Waals surface area contributed by atoms with Crippen LogP contribution in [-0.4, -0.2) is 4.57 Å². The number of hydrogen-bond acceptors (Lipinski definition) is 2. The van der Waals surface area contributed by atoms with Crippen LogP contribution >= 0.6 is 0 Å². The van der Waals surface area contributed by atoms with Gasteiger partial charge in [-0.2, -0.15) is 0 Å². The SMILES string of the molecule is c1ccc(-c2ccc(N(c3ccc(-c4ccccc4)cc3)c3ccc(-c4ccc(-c5ccc6oc7ccc(-c8ccc(-c9ccc%10c(c9)c9ccccc9n%10-c9ccccc9)cc8)cc7c6c5)cc4)cc3)cc2)cc1. The number of fused-ring (bicyclic) bond motifs is 6. The fraction of sp³-hybridized carbons (Fsp3) is 0. The van der Waals surface area contributed by atoms with E-state index in [4.69, 9.17) is 4.42 Å². The maximum absolute atomic E-state index is 6.41. The van der Waals surface area contributed by atoms with Crippen LogP contribution in [0.15, 0.2) is 296 Å². The smallest absolute Gasteiger partial charge is 0.135 e. The number of rotatable bonds is 10. The van der Waals surface area contributed by atoms with Gasteiger partial charge >= 0.3 is 0 Å². The van der Waals surface area contributed by atoms with E-state index in [9.17, 15) is 0 Å². The molecule has 0 spiro atoms. The van der Waals surface area contributed by atoms with Crippen LogP contribution in [0.1, 0.15) is 0 Å². The summed E-state index contributed by atoms with van der Waals surface area (Å²) >= 11 is 0. The Morgan fingerprint density at radius 1 is 0.227 bits per heavy atom. The van der Waals surface area contributed by atoms with E-state index in [0.717, 1.165) is 66.8 Å². The Morgan fingerprint density at radius 2 is 0.533 bits per heavy atom. The minimum Gasteiger partial charge on any atom is -0.456 e. The molecule has 14 aromatic rings. The average molecular weight is 957 g/mol. The highest BCUT2D eigenvalue weighted by molar-refractivity contribution is 6.11. The fourth-order valence-corrected chi connectivity index (χ4v) is 11.0. The van der Waals surface area contributed by atoms with E-state index >= 15 is 0 Å². The Morgan fingerprint density at radius 3 is 0.973 bits per heavy atom. The highest BCUT2D eigenvalue weighted by atomic mass is 16.3. The van der Waals surface area contributed by atoms with Crippen molar-refractivity contribution in [2.75, 3.05) is 4.90 Å². The lowest BCUT2D eigenvalue weighted by Gasteiger charge is -2.26. The third-order valence-corrected chi connectivity index (χ3v) is 14.9. The molecule has 0 amide bonds. The van der Waals surface area contributed by atoms with Crippen molar-refractivity contribution in [2.24, 2.45) is 0 Å². The summed E-state index contributed by atoms with van der Waals surface area (Å²) in [6.07, 6.45) is 0. The maximum atomic E-state index is 6.41. The van der Waals surface area contributed by atoms with E-state index in [-0.39, 0.29) is 0 Å². The zero-order chi connectivity index (χ0) is 49.7. The second-order valence-corrected chi connectivity index (χ2v) is 19.3. The molecule has 3 heteroatoms. The predicted molar refractivity (Wildman–Crippen MR) is 315 cm³/mol. The summed E-state index contributed by atoms with van der Waals surface area (Å²) in [5.74, 6) is 0. The molecule has 12 aromatic carbocycles. The topological polar surface area (TPSA) is 21.3 Å². The monoisotopic (exact) mass is 956 g/mol. The van der Waals surface area contributed by atoms with Gasteiger partial charge in [0.05, 0.1) is 11.0 Å². The van der Waals surface area contributed by atoms with Gasteiger partial charge in [0.1, 0.15) is 11.2 Å². The number of hydrogen-bond donors (Lipinski definition) is 0. The first-order valence-corrected chi connectivity index (χ1v) is 25.6. The van der Waals surface area contributed by atoms with E-state index < -0.39 is 0 Å². The molecule has 0 aliphatic carbocycles. The van der Waals surface area contributed by atoms with Gasteiger partial charge in [0, 0.05) is 44.3 Å². The molecule has 0 bridgehead atoms. The quantitative estimate of drug-likeness (QED) is 0.136. The van der Waals surface area contributed by atoms with E-state index in [1.54, 1.807) is 0 Å². The van der Waals surface area contributed by atoms with Gasteiger partial charge in [-0.15, -0.1) is 0 Å². The fourth-order valence-electron chi connectivity index (χ4n) is 11.0. The van der Waals surface area contributed by atoms with Crippen LogP contribution in [0, 0.1) is 0 Å². The Hall–Kier alpha value is -9.96. The lowest BCUT2D eigenvalue weighted by atomic mass is 9.97. The van der Waals surface area contributed by atoms with Crippen LogP contribution in [0.5, 0.6) is 0 Å². The molecule has 75 heavy (non-hydrogen) atoms. The van der Waals surface area contributed by atoms with Crippen LogP contribution in [0.25, 0.3) is 116 Å². The highest BCUT2D eigenvalue weighted by Gasteiger charge is 2.17. The lowest BCUT2D eigenvalue weighted by molar-refractivity contribution is 0.669. The summed E-state index contributed by atoms with van der Waals surface area (Å²) in [4.78, 5) is 2.33. The van der Waals surface area contributed by atoms with Crippen molar-refractivity contribution in [3.05, 3.63) is 291 Å². The Kier molecular flexibility index (Phi) is 10.8. The van der Waals surface area contributed by atoms with Gasteiger partial charge in [0.25, 0.3) is 0 Å². The number of aromatic nitrogens is 1. The second-order valence-electron chi connectivity index (χ2n) is 19.3. The molecule has 0 saturated carbocycles. The van der Waals surface area contributed by atoms with Gasteiger partial charge < -0.3 is 13.9 Å². The first kappa shape index (κ1) is 43.8. The molecule has 2 heterocycles. The summed E-state index contributed by atoms with van der Waals surface area (Å²) < 4.78 is 8.77. The van der Waals surface area contributed by atoms with Gasteiger partial charge in [-0.05, 0) is 158 Å². The van der Waals surface area contributed by atoms with Crippen LogP contribution in [0.2, 0.25) is 0 Å². The first-order chi connectivity index (χ1) is 37.1. The zero-order valence-electron chi connectivity index (χ0n) is 41.0. The minimum atomic E-state index is 0.885. The predicted octanol–water partition coefficient (Wildman–Crippen LogP) is 20.2. The molecule has 0 unspecified atom stereocenters. The lowest BCUT2D eigenvalue weighted by Crippen LogP contribution is -2.09. The van der Waals surface area contributed by atoms with Crippen molar-refractivity contribution in [2.45, 2.75) is 0 Å². The number of para-hydroxylation sites is 2. The highest BCUT2D eigenvalue weighted by Crippen LogP contribution is 2.41. The summed E-state index contributed by atoms with van der Waals surface area (Å²) in [7, 11) is 0. The van der Waals surface area contributed by atoms with Crippen molar-refractivity contribution in [1.29, 1.82) is 0 Å². The van der Waals surface area contributed by atoms with E-state index in [0.29, 0.717) is 0 Å². The molecule has 2 aromatic heterocycles. The molecule has 0 N–H and O–H groups in total. The maximum Gasteiger partial charge on any atom is 0.135 e. The number of anilines is 3. The van der Waals surface area contributed by atoms with Crippen LogP contribution in [-0.2, 0) is 0 Å². The Bertz CT molecular complexity index is 4250. The van der Waals surface area contributed by atoms with Gasteiger partial charge in [-0.3, -0.25) is 0 Å². The van der Waals surface area contributed by atoms with Crippen LogP contribution in [0.3, 0.4) is 0 Å². The van der Waals surface area contributed by atoms with Crippen LogP contribution in [0.4, 0.5) is 17.1 Å². The number of benzene rings is 12. The number of nitrogens with zero attached hydrogens (tertiary/aromatic N) is 2. The molecule has 0 saturated heterocycles. The number of furan rings is 1. The normalized spacial score (nSPS) is 11.5. The third kappa shape index (κ3) is 8.14.